The molecule has 3 fully saturated rings. The summed E-state index contributed by atoms with van der Waals surface area (Å²) in [5.74, 6) is -10.6. The second-order valence-corrected chi connectivity index (χ2v) is 27.7. The van der Waals surface area contributed by atoms with Gasteiger partial charge in [-0.25, -0.2) is 19.6 Å². The smallest absolute Gasteiger partial charge is 0.329 e. The molecule has 2 aromatic carbocycles. The highest BCUT2D eigenvalue weighted by atomic mass is 16.5. The van der Waals surface area contributed by atoms with Crippen LogP contribution in [0.1, 0.15) is 138 Å². The molecule has 4 aromatic rings. The van der Waals surface area contributed by atoms with Crippen molar-refractivity contribution < 1.29 is 86.8 Å². The summed E-state index contributed by atoms with van der Waals surface area (Å²) in [6.07, 6.45) is 10.2. The molecule has 4 aliphatic heterocycles. The summed E-state index contributed by atoms with van der Waals surface area (Å²) in [6, 6.07) is 6.77. The lowest BCUT2D eigenvalue weighted by atomic mass is 10.00. The molecule has 0 spiro atoms. The number of hydrogen-bond acceptors (Lipinski definition) is 22. The molecule has 3 saturated heterocycles. The molecule has 0 radical (unpaired) electrons. The molecule has 34 nitrogen and oxygen atoms in total. The van der Waals surface area contributed by atoms with Crippen LogP contribution in [0.25, 0.3) is 21.8 Å². The molecule has 4 aliphatic rings. The van der Waals surface area contributed by atoms with Gasteiger partial charge in [-0.1, -0.05) is 50.2 Å². The first-order valence-corrected chi connectivity index (χ1v) is 36.3. The van der Waals surface area contributed by atoms with Crippen LogP contribution in [0.3, 0.4) is 0 Å². The third-order valence-electron chi connectivity index (χ3n) is 19.4. The van der Waals surface area contributed by atoms with Crippen molar-refractivity contribution in [2.45, 2.75) is 158 Å². The van der Waals surface area contributed by atoms with Gasteiger partial charge in [0.1, 0.15) is 61.0 Å². The van der Waals surface area contributed by atoms with Gasteiger partial charge in [-0.05, 0) is 101 Å². The Morgan fingerprint density at radius 3 is 1.55 bits per heavy atom. The van der Waals surface area contributed by atoms with Crippen molar-refractivity contribution in [2.24, 2.45) is 16.1 Å². The highest BCUT2D eigenvalue weighted by Crippen LogP contribution is 2.37. The van der Waals surface area contributed by atoms with Crippen LogP contribution in [-0.2, 0) is 67.0 Å². The van der Waals surface area contributed by atoms with Gasteiger partial charge in [0.05, 0.1) is 37.2 Å². The predicted octanol–water partition coefficient (Wildman–Crippen LogP) is 1.34. The molecule has 2 aromatic heterocycles. The molecule has 108 heavy (non-hydrogen) atoms. The van der Waals surface area contributed by atoms with E-state index in [0.29, 0.717) is 86.1 Å². The van der Waals surface area contributed by atoms with Crippen LogP contribution in [0.2, 0.25) is 0 Å². The number of esters is 2. The number of para-hydroxylation sites is 2. The fraction of sp³-hybridized carbons (Fsp3) is 0.541. The largest absolute Gasteiger partial charge is 0.505 e. The first kappa shape index (κ1) is 82.3. The van der Waals surface area contributed by atoms with Crippen LogP contribution >= 0.6 is 0 Å². The van der Waals surface area contributed by atoms with Crippen molar-refractivity contribution in [3.8, 4) is 23.8 Å². The number of terminal acetylenes is 1. The maximum Gasteiger partial charge on any atom is 0.329 e. The quantitative estimate of drug-likeness (QED) is 0.0351. The summed E-state index contributed by atoms with van der Waals surface area (Å²) < 4.78 is 11.7. The summed E-state index contributed by atoms with van der Waals surface area (Å²) in [5.41, 5.74) is -0.975. The molecule has 580 valence electrons. The highest BCUT2D eigenvalue weighted by molar-refractivity contribution is 6.03. The monoisotopic (exact) mass is 1500 g/mol. The third-order valence-corrected chi connectivity index (χ3v) is 19.4. The average molecular weight is 1500 g/mol. The van der Waals surface area contributed by atoms with Crippen molar-refractivity contribution in [3.63, 3.8) is 0 Å². The molecule has 8 rings (SSSR count). The zero-order valence-corrected chi connectivity index (χ0v) is 61.7. The zero-order chi connectivity index (χ0) is 78.4. The van der Waals surface area contributed by atoms with Gasteiger partial charge in [0.15, 0.2) is 17.1 Å². The Bertz CT molecular complexity index is 4100. The van der Waals surface area contributed by atoms with Gasteiger partial charge < -0.3 is 81.0 Å². The number of carbonyl (C=O) groups excluding carboxylic acids is 14. The summed E-state index contributed by atoms with van der Waals surface area (Å²) in [7, 11) is 5.09. The number of fused-ring (bicyclic) bond motifs is 4. The Balaban J connectivity index is 1.03. The van der Waals surface area contributed by atoms with E-state index in [9.17, 15) is 72.5 Å². The molecule has 6 atom stereocenters. The van der Waals surface area contributed by atoms with Crippen molar-refractivity contribution in [1.82, 2.24) is 71.3 Å². The zero-order valence-electron chi connectivity index (χ0n) is 61.7. The number of aromatic hydroxyl groups is 2. The average Bonchev–Trinajstić information content (AvgIpc) is 1.23. The van der Waals surface area contributed by atoms with Crippen LogP contribution < -0.4 is 31.9 Å². The molecule has 0 aliphatic carbocycles. The molecule has 8 N–H and O–H groups in total. The molecule has 34 heteroatoms. The number of piperidine rings is 2. The van der Waals surface area contributed by atoms with Crippen molar-refractivity contribution >= 4 is 105 Å². The lowest BCUT2D eigenvalue weighted by Gasteiger charge is -2.37. The summed E-state index contributed by atoms with van der Waals surface area (Å²) in [5, 5.41) is 47.0. The molecule has 0 saturated carbocycles. The fourth-order valence-electron chi connectivity index (χ4n) is 13.0. The van der Waals surface area contributed by atoms with Gasteiger partial charge in [-0.15, -0.1) is 12.3 Å². The van der Waals surface area contributed by atoms with Gasteiger partial charge in [0.25, 0.3) is 11.8 Å². The van der Waals surface area contributed by atoms with E-state index in [4.69, 9.17) is 15.9 Å². The number of aromatic nitrogens is 2. The van der Waals surface area contributed by atoms with Gasteiger partial charge in [0, 0.05) is 97.2 Å². The lowest BCUT2D eigenvalue weighted by Crippen LogP contribution is -2.59. The molecule has 6 heterocycles. The Labute approximate surface area is 624 Å². The predicted molar refractivity (Wildman–Crippen MR) is 388 cm³/mol. The van der Waals surface area contributed by atoms with Crippen LogP contribution in [0, 0.1) is 18.3 Å². The van der Waals surface area contributed by atoms with E-state index in [-0.39, 0.29) is 76.4 Å². The summed E-state index contributed by atoms with van der Waals surface area (Å²) in [4.78, 5) is 213. The Kier molecular flexibility index (Phi) is 29.5. The van der Waals surface area contributed by atoms with E-state index in [1.54, 1.807) is 62.4 Å². The fourth-order valence-corrected chi connectivity index (χ4v) is 13.0. The van der Waals surface area contributed by atoms with Gasteiger partial charge >= 0.3 is 11.9 Å². The summed E-state index contributed by atoms with van der Waals surface area (Å²) >= 11 is 0. The van der Waals surface area contributed by atoms with Crippen LogP contribution in [0.5, 0.6) is 11.5 Å². The van der Waals surface area contributed by atoms with Gasteiger partial charge in [0.2, 0.25) is 59.1 Å². The van der Waals surface area contributed by atoms with E-state index in [0.717, 1.165) is 29.4 Å². The van der Waals surface area contributed by atoms with Gasteiger partial charge in [-0.3, -0.25) is 57.5 Å². The Morgan fingerprint density at radius 2 is 1.06 bits per heavy atom. The SMILES string of the molecule is C#CCCC1(CCC(=O)NCCCCC(=O)NCCCC[C@H]2C(=O)OC[C@@H](NC(=O)c3nc4ccccc4cc3O)C(=O)N3CCCC[C@H]3C(=O)NCC(=O)N(C)CC(=O)N(C)[C@@H](C(C)C)C(=O)OC[C@@H](NC(=O)c3nc4ccccc4cc3O)C(=O)N3CCCC[C@H]3C(=O)NCC(=O)N(C)CC(=O)N2C)N=N1. The van der Waals surface area contributed by atoms with E-state index >= 15 is 4.79 Å². The molecular weight excluding hydrogens is 1400 g/mol. The van der Waals surface area contributed by atoms with E-state index < -0.39 is 181 Å². The van der Waals surface area contributed by atoms with Crippen molar-refractivity contribution in [2.75, 3.05) is 93.8 Å². The lowest BCUT2D eigenvalue weighted by molar-refractivity contribution is -0.159. The first-order valence-electron chi connectivity index (χ1n) is 36.3. The minimum absolute atomic E-state index is 0.0553. The van der Waals surface area contributed by atoms with Gasteiger partial charge in [-0.2, -0.15) is 10.2 Å². The number of carbonyl (C=O) groups is 14. The maximum absolute atomic E-state index is 15.1. The maximum atomic E-state index is 15.1. The van der Waals surface area contributed by atoms with Crippen molar-refractivity contribution in [1.29, 1.82) is 0 Å². The minimum Gasteiger partial charge on any atom is -0.505 e. The number of likely N-dealkylation sites (N-methyl/N-ethyl adjacent to an activating group) is 4. The number of nitrogens with one attached hydrogen (secondary N) is 6. The number of unbranched alkanes of at least 4 members (excludes halogenated alkanes) is 2. The topological polar surface area (TPSA) is 440 Å². The van der Waals surface area contributed by atoms with E-state index in [1.165, 1.54) is 40.3 Å². The number of amides is 12. The first-order chi connectivity index (χ1) is 51.6. The third kappa shape index (κ3) is 22.3. The van der Waals surface area contributed by atoms with Crippen LogP contribution in [0.15, 0.2) is 70.9 Å². The number of cyclic esters (lactones) is 2. The number of nitrogens with zero attached hydrogens (tertiary/aromatic N) is 10. The molecule has 12 amide bonds. The molecule has 0 bridgehead atoms. The standard InChI is InChI=1S/C74H96N16O18/c1-8-9-31-74(83-84-74)32-30-58(94)76-34-19-15-29-57(93)75-33-18-14-28-54-72(105)107-43-50(81-68(101)63-55(91)37-46-22-10-12-24-48(46)79-63)70(103)89-35-20-16-26-52(89)66(99)78-40-60(96)86(5)42-62(98)88(7)65(45(2)3)73(106)108-44-51(82-69(102)64-56(92)38-47-23-11-13-25-49(47)80-64)71(104)90-36-21-17-27-53(90)67(100)77-39-59(95)85(4)41-61(97)87(54)6/h1,10-13,22-25,37-38,45,50-54,65,91-92H,9,14-21,26-36,39-44H2,2-7H3,(H,75,93)(H,76,94)(H,77,100)(H,78,99)(H,81,101)(H,82,102)/t50-,51-,52+,53+,54+,65+/m1/s1. The van der Waals surface area contributed by atoms with Crippen molar-refractivity contribution in [3.05, 3.63) is 72.1 Å². The van der Waals surface area contributed by atoms with Crippen LogP contribution in [0.4, 0.5) is 0 Å². The number of benzene rings is 2. The second kappa shape index (κ2) is 38.7. The van der Waals surface area contributed by atoms with E-state index in [2.05, 4.69) is 58.0 Å². The van der Waals surface area contributed by atoms with Crippen LogP contribution in [-0.4, -0.2) is 268 Å². The normalized spacial score (nSPS) is 21.5. The number of rotatable bonds is 20. The number of hydrogen-bond donors (Lipinski definition) is 8. The minimum atomic E-state index is -1.81. The highest BCUT2D eigenvalue weighted by Gasteiger charge is 2.43. The Morgan fingerprint density at radius 1 is 0.602 bits per heavy atom. The molecule has 0 unspecified atom stereocenters. The Hall–Kier alpha value is -11.4. The second-order valence-electron chi connectivity index (χ2n) is 27.7. The van der Waals surface area contributed by atoms with E-state index in [1.807, 2.05) is 0 Å². The number of ether oxygens (including phenoxy) is 2. The summed E-state index contributed by atoms with van der Waals surface area (Å²) in [6.45, 7) is -0.991. The molecular formula is C74H96N16O18. The number of pyridine rings is 2.